The van der Waals surface area contributed by atoms with Crippen molar-refractivity contribution in [2.75, 3.05) is 37.7 Å². The van der Waals surface area contributed by atoms with Gasteiger partial charge in [-0.05, 0) is 61.1 Å². The lowest BCUT2D eigenvalue weighted by atomic mass is 9.94. The minimum absolute atomic E-state index is 0.0542. The number of rotatable bonds is 7. The van der Waals surface area contributed by atoms with Crippen LogP contribution in [0.15, 0.2) is 54.6 Å². The molecule has 0 atom stereocenters. The standard InChI is InChI=1S/C16H16N2O3.C14H18N2O3S/c17-10-12-5-4-6-13(9-12)16(21)18(11-15(19)20)14-7-2-1-3-8-14;15-13(17)12-11(9-3-1-2-4-10(9)20-12)14(18)16-5-7-19-8-6-16/h1-9H,10-11,17H2,(H,19,20);1-8H2,(H2,15,17). The number of amides is 3. The van der Waals surface area contributed by atoms with Crippen molar-refractivity contribution < 1.29 is 29.0 Å². The van der Waals surface area contributed by atoms with Crippen molar-refractivity contribution in [2.24, 2.45) is 11.5 Å². The summed E-state index contributed by atoms with van der Waals surface area (Å²) in [6.45, 7) is 2.22. The predicted octanol–water partition coefficient (Wildman–Crippen LogP) is 3.07. The number of carbonyl (C=O) groups is 4. The highest BCUT2D eigenvalue weighted by atomic mass is 32.1. The largest absolute Gasteiger partial charge is 0.480 e. The first kappa shape index (κ1) is 29.9. The monoisotopic (exact) mass is 578 g/mol. The van der Waals surface area contributed by atoms with Crippen LogP contribution in [0.2, 0.25) is 0 Å². The number of benzene rings is 2. The zero-order chi connectivity index (χ0) is 29.4. The van der Waals surface area contributed by atoms with E-state index in [1.165, 1.54) is 21.1 Å². The van der Waals surface area contributed by atoms with Gasteiger partial charge in [0.1, 0.15) is 11.4 Å². The molecule has 1 fully saturated rings. The molecule has 2 heterocycles. The zero-order valence-electron chi connectivity index (χ0n) is 22.7. The average molecular weight is 579 g/mol. The lowest BCUT2D eigenvalue weighted by Crippen LogP contribution is -2.41. The number of aryl methyl sites for hydroxylation is 1. The molecular formula is C30H34N4O6S. The van der Waals surface area contributed by atoms with E-state index in [-0.39, 0.29) is 11.8 Å². The summed E-state index contributed by atoms with van der Waals surface area (Å²) >= 11 is 1.41. The van der Waals surface area contributed by atoms with Crippen molar-refractivity contribution in [1.82, 2.24) is 4.90 Å². The molecule has 5 rings (SSSR count). The number of hydrogen-bond acceptors (Lipinski definition) is 7. The number of carboxylic acids is 1. The number of nitrogens with zero attached hydrogens (tertiary/aromatic N) is 2. The van der Waals surface area contributed by atoms with E-state index in [1.54, 1.807) is 47.4 Å². The van der Waals surface area contributed by atoms with Crippen molar-refractivity contribution in [2.45, 2.75) is 32.2 Å². The smallest absolute Gasteiger partial charge is 0.323 e. The number of aliphatic carboxylic acids is 1. The Kier molecular flexibility index (Phi) is 10.2. The van der Waals surface area contributed by atoms with Gasteiger partial charge in [0.2, 0.25) is 0 Å². The number of carboxylic acid groups (broad SMARTS) is 1. The molecule has 11 heteroatoms. The Balaban J connectivity index is 0.000000189. The topological polar surface area (TPSA) is 156 Å². The second-order valence-corrected chi connectivity index (χ2v) is 10.8. The lowest BCUT2D eigenvalue weighted by molar-refractivity contribution is -0.135. The van der Waals surface area contributed by atoms with E-state index >= 15 is 0 Å². The second-order valence-electron chi connectivity index (χ2n) is 9.71. The molecule has 2 aromatic carbocycles. The van der Waals surface area contributed by atoms with Crippen LogP contribution in [0.1, 0.15) is 59.2 Å². The van der Waals surface area contributed by atoms with E-state index in [2.05, 4.69) is 0 Å². The molecule has 1 aliphatic carbocycles. The van der Waals surface area contributed by atoms with Gasteiger partial charge in [0.25, 0.3) is 17.7 Å². The van der Waals surface area contributed by atoms with E-state index < -0.39 is 18.4 Å². The maximum Gasteiger partial charge on any atom is 0.323 e. The molecule has 0 bridgehead atoms. The van der Waals surface area contributed by atoms with Gasteiger partial charge in [0.05, 0.1) is 18.8 Å². The van der Waals surface area contributed by atoms with Crippen LogP contribution in [-0.4, -0.2) is 66.5 Å². The molecule has 2 aliphatic rings. The van der Waals surface area contributed by atoms with Crippen molar-refractivity contribution in [3.05, 3.63) is 86.6 Å². The zero-order valence-corrected chi connectivity index (χ0v) is 23.5. The van der Waals surface area contributed by atoms with Crippen LogP contribution in [0.3, 0.4) is 0 Å². The predicted molar refractivity (Wildman–Crippen MR) is 156 cm³/mol. The van der Waals surface area contributed by atoms with E-state index in [1.807, 2.05) is 12.1 Å². The summed E-state index contributed by atoms with van der Waals surface area (Å²) in [4.78, 5) is 52.6. The summed E-state index contributed by atoms with van der Waals surface area (Å²) in [6, 6.07) is 15.6. The van der Waals surface area contributed by atoms with Crippen molar-refractivity contribution >= 4 is 40.7 Å². The summed E-state index contributed by atoms with van der Waals surface area (Å²) in [5.74, 6) is -1.97. The molecule has 41 heavy (non-hydrogen) atoms. The van der Waals surface area contributed by atoms with Crippen molar-refractivity contribution in [3.8, 4) is 0 Å². The fourth-order valence-corrected chi connectivity index (χ4v) is 6.13. The second kappa shape index (κ2) is 14.0. The molecule has 0 unspecified atom stereocenters. The lowest BCUT2D eigenvalue weighted by Gasteiger charge is -2.27. The maximum atomic E-state index is 12.7. The first-order valence-corrected chi connectivity index (χ1v) is 14.3. The van der Waals surface area contributed by atoms with Crippen LogP contribution in [0, 0.1) is 0 Å². The molecule has 5 N–H and O–H groups in total. The maximum absolute atomic E-state index is 12.7. The Bertz CT molecular complexity index is 1400. The third-order valence-electron chi connectivity index (χ3n) is 6.92. The molecule has 1 saturated heterocycles. The summed E-state index contributed by atoms with van der Waals surface area (Å²) < 4.78 is 5.27. The molecule has 0 radical (unpaired) electrons. The normalized spacial score (nSPS) is 14.3. The summed E-state index contributed by atoms with van der Waals surface area (Å²) in [5, 5.41) is 9.03. The van der Waals surface area contributed by atoms with Gasteiger partial charge >= 0.3 is 5.97 Å². The number of fused-ring (bicyclic) bond motifs is 1. The van der Waals surface area contributed by atoms with Gasteiger partial charge in [-0.15, -0.1) is 11.3 Å². The highest BCUT2D eigenvalue weighted by molar-refractivity contribution is 7.14. The number of carbonyl (C=O) groups excluding carboxylic acids is 3. The van der Waals surface area contributed by atoms with Gasteiger partial charge < -0.3 is 26.2 Å². The molecule has 10 nitrogen and oxygen atoms in total. The number of morpholine rings is 1. The van der Waals surface area contributed by atoms with E-state index in [0.717, 1.165) is 36.8 Å². The van der Waals surface area contributed by atoms with E-state index in [0.29, 0.717) is 54.5 Å². The van der Waals surface area contributed by atoms with Crippen LogP contribution >= 0.6 is 11.3 Å². The van der Waals surface area contributed by atoms with E-state index in [4.69, 9.17) is 21.3 Å². The van der Waals surface area contributed by atoms with Gasteiger partial charge in [-0.3, -0.25) is 24.1 Å². The van der Waals surface area contributed by atoms with Crippen LogP contribution in [0.4, 0.5) is 5.69 Å². The van der Waals surface area contributed by atoms with Crippen LogP contribution in [0.25, 0.3) is 0 Å². The van der Waals surface area contributed by atoms with E-state index in [9.17, 15) is 19.2 Å². The fourth-order valence-electron chi connectivity index (χ4n) is 4.90. The van der Waals surface area contributed by atoms with Gasteiger partial charge in [0, 0.05) is 35.8 Å². The SMILES string of the molecule is NC(=O)c1sc2c(c1C(=O)N1CCOCC1)CCCC2.NCc1cccc(C(=O)N(CC(=O)O)c2ccccc2)c1. The molecule has 3 amide bonds. The number of anilines is 1. The van der Waals surface area contributed by atoms with Crippen LogP contribution in [0.5, 0.6) is 0 Å². The number of nitrogens with two attached hydrogens (primary N) is 2. The van der Waals surface area contributed by atoms with Gasteiger partial charge in [0.15, 0.2) is 0 Å². The molecule has 3 aromatic rings. The Labute approximate surface area is 242 Å². The molecule has 1 aliphatic heterocycles. The third-order valence-corrected chi connectivity index (χ3v) is 8.23. The quantitative estimate of drug-likeness (QED) is 0.389. The van der Waals surface area contributed by atoms with Crippen LogP contribution < -0.4 is 16.4 Å². The summed E-state index contributed by atoms with van der Waals surface area (Å²) in [6.07, 6.45) is 4.03. The molecule has 1 aromatic heterocycles. The average Bonchev–Trinajstić information content (AvgIpc) is 3.40. The molecular weight excluding hydrogens is 544 g/mol. The third kappa shape index (κ3) is 7.37. The Morgan fingerprint density at radius 2 is 1.68 bits per heavy atom. The Morgan fingerprint density at radius 1 is 0.976 bits per heavy atom. The van der Waals surface area contributed by atoms with Crippen LogP contribution in [-0.2, 0) is 28.9 Å². The molecule has 0 saturated carbocycles. The Hall–Kier alpha value is -4.06. The molecule has 216 valence electrons. The van der Waals surface area contributed by atoms with Gasteiger partial charge in [-0.1, -0.05) is 30.3 Å². The number of thiophene rings is 1. The highest BCUT2D eigenvalue weighted by Gasteiger charge is 2.31. The molecule has 0 spiro atoms. The number of ether oxygens (including phenoxy) is 1. The van der Waals surface area contributed by atoms with Crippen molar-refractivity contribution in [3.63, 3.8) is 0 Å². The van der Waals surface area contributed by atoms with Crippen molar-refractivity contribution in [1.29, 1.82) is 0 Å². The summed E-state index contributed by atoms with van der Waals surface area (Å²) in [5.41, 5.74) is 14.5. The minimum Gasteiger partial charge on any atom is -0.480 e. The minimum atomic E-state index is -1.07. The van der Waals surface area contributed by atoms with Gasteiger partial charge in [-0.25, -0.2) is 0 Å². The number of primary amides is 1. The highest BCUT2D eigenvalue weighted by Crippen LogP contribution is 2.35. The van der Waals surface area contributed by atoms with Gasteiger partial charge in [-0.2, -0.15) is 0 Å². The number of hydrogen-bond donors (Lipinski definition) is 3. The first-order chi connectivity index (χ1) is 19.8. The summed E-state index contributed by atoms with van der Waals surface area (Å²) in [7, 11) is 0. The number of para-hydroxylation sites is 1. The first-order valence-electron chi connectivity index (χ1n) is 13.5. The fraction of sp³-hybridized carbons (Fsp3) is 0.333. The Morgan fingerprint density at radius 3 is 2.34 bits per heavy atom.